The molecule has 3 heterocycles. The third-order valence-corrected chi connectivity index (χ3v) is 5.86. The van der Waals surface area contributed by atoms with E-state index < -0.39 is 0 Å². The van der Waals surface area contributed by atoms with Crippen molar-refractivity contribution in [2.75, 3.05) is 6.54 Å². The summed E-state index contributed by atoms with van der Waals surface area (Å²) >= 11 is 3.15. The number of hydrogen-bond acceptors (Lipinski definition) is 5. The van der Waals surface area contributed by atoms with E-state index in [9.17, 15) is 4.79 Å². The summed E-state index contributed by atoms with van der Waals surface area (Å²) in [4.78, 5) is 13.0. The Bertz CT molecular complexity index is 810. The van der Waals surface area contributed by atoms with Gasteiger partial charge in [-0.1, -0.05) is 41.7 Å². The number of benzene rings is 1. The fourth-order valence-corrected chi connectivity index (χ4v) is 4.71. The van der Waals surface area contributed by atoms with Crippen molar-refractivity contribution in [1.29, 1.82) is 0 Å². The monoisotopic (exact) mass is 318 g/mol. The summed E-state index contributed by atoms with van der Waals surface area (Å²) in [5.74, 6) is 0.119. The molecule has 0 spiro atoms. The van der Waals surface area contributed by atoms with Crippen molar-refractivity contribution in [1.82, 2.24) is 19.9 Å². The normalized spacial score (nSPS) is 19.8. The number of hydrogen-bond donors (Lipinski definition) is 1. The van der Waals surface area contributed by atoms with Crippen LogP contribution in [0.2, 0.25) is 0 Å². The second-order valence-corrected chi connectivity index (χ2v) is 7.24. The fourth-order valence-electron chi connectivity index (χ4n) is 2.58. The number of thioether (sulfide) groups is 1. The van der Waals surface area contributed by atoms with Crippen molar-refractivity contribution in [3.05, 3.63) is 24.3 Å². The smallest absolute Gasteiger partial charge is 0.233 e. The molecule has 1 N–H and O–H groups in total. The van der Waals surface area contributed by atoms with Crippen LogP contribution in [0.1, 0.15) is 19.3 Å². The van der Waals surface area contributed by atoms with E-state index in [1.54, 1.807) is 11.3 Å². The second-order valence-electron chi connectivity index (χ2n) is 5.06. The van der Waals surface area contributed by atoms with Crippen LogP contribution in [0.3, 0.4) is 0 Å². The average Bonchev–Trinajstić information content (AvgIpc) is 2.98. The summed E-state index contributed by atoms with van der Waals surface area (Å²) in [6, 6.07) is 8.19. The first kappa shape index (κ1) is 13.1. The molecule has 0 unspecified atom stereocenters. The lowest BCUT2D eigenvalue weighted by molar-refractivity contribution is -0.120. The predicted molar refractivity (Wildman–Crippen MR) is 84.9 cm³/mol. The molecule has 1 atom stereocenters. The van der Waals surface area contributed by atoms with E-state index in [0.717, 1.165) is 41.4 Å². The van der Waals surface area contributed by atoms with E-state index in [1.807, 2.05) is 12.1 Å². The quantitative estimate of drug-likeness (QED) is 0.789. The van der Waals surface area contributed by atoms with Crippen LogP contribution < -0.4 is 5.32 Å². The fraction of sp³-hybridized carbons (Fsp3) is 0.357. The number of fused-ring (bicyclic) bond motifs is 3. The molecule has 0 saturated carbocycles. The van der Waals surface area contributed by atoms with Gasteiger partial charge in [-0.15, -0.1) is 10.2 Å². The Morgan fingerprint density at radius 3 is 3.14 bits per heavy atom. The van der Waals surface area contributed by atoms with Crippen LogP contribution >= 0.6 is 23.1 Å². The van der Waals surface area contributed by atoms with Crippen LogP contribution in [-0.4, -0.2) is 32.3 Å². The first-order valence-electron chi connectivity index (χ1n) is 7.00. The number of carbonyl (C=O) groups is 1. The molecule has 1 fully saturated rings. The average molecular weight is 318 g/mol. The van der Waals surface area contributed by atoms with Gasteiger partial charge in [0.15, 0.2) is 5.16 Å². The largest absolute Gasteiger partial charge is 0.355 e. The van der Waals surface area contributed by atoms with Crippen LogP contribution in [0.15, 0.2) is 29.4 Å². The van der Waals surface area contributed by atoms with Crippen LogP contribution in [0.4, 0.5) is 0 Å². The lowest BCUT2D eigenvalue weighted by atomic mass is 10.2. The van der Waals surface area contributed by atoms with Crippen molar-refractivity contribution in [2.45, 2.75) is 29.7 Å². The van der Waals surface area contributed by atoms with Gasteiger partial charge in [-0.2, -0.15) is 0 Å². The van der Waals surface area contributed by atoms with Crippen LogP contribution in [0.5, 0.6) is 0 Å². The molecule has 1 amide bonds. The summed E-state index contributed by atoms with van der Waals surface area (Å²) in [6.45, 7) is 0.784. The SMILES string of the molecule is O=C1NCCCC[C@@H]1Sc1nnc2sc3ccccc3n12. The Labute approximate surface area is 129 Å². The number of thiazole rings is 1. The van der Waals surface area contributed by atoms with Crippen molar-refractivity contribution < 1.29 is 4.79 Å². The molecule has 0 radical (unpaired) electrons. The van der Waals surface area contributed by atoms with Gasteiger partial charge in [-0.3, -0.25) is 9.20 Å². The standard InChI is InChI=1S/C14H14N4OS2/c19-12-11(7-3-4-8-15-12)21-14-17-16-13-18(14)9-5-1-2-6-10(9)20-13/h1-2,5-6,11H,3-4,7-8H2,(H,15,19)/t11-/m0/s1. The molecule has 1 aromatic carbocycles. The summed E-state index contributed by atoms with van der Waals surface area (Å²) in [5, 5.41) is 12.2. The highest BCUT2D eigenvalue weighted by Gasteiger charge is 2.24. The summed E-state index contributed by atoms with van der Waals surface area (Å²) in [7, 11) is 0. The van der Waals surface area contributed by atoms with Crippen molar-refractivity contribution in [2.24, 2.45) is 0 Å². The van der Waals surface area contributed by atoms with Crippen molar-refractivity contribution in [3.63, 3.8) is 0 Å². The maximum absolute atomic E-state index is 12.1. The minimum Gasteiger partial charge on any atom is -0.355 e. The predicted octanol–water partition coefficient (Wildman–Crippen LogP) is 2.70. The van der Waals surface area contributed by atoms with Gasteiger partial charge in [-0.25, -0.2) is 0 Å². The topological polar surface area (TPSA) is 59.3 Å². The zero-order valence-electron chi connectivity index (χ0n) is 11.3. The lowest BCUT2D eigenvalue weighted by Gasteiger charge is -2.10. The molecule has 21 heavy (non-hydrogen) atoms. The molecule has 5 nitrogen and oxygen atoms in total. The van der Waals surface area contributed by atoms with E-state index in [4.69, 9.17) is 0 Å². The molecule has 3 aromatic rings. The van der Waals surface area contributed by atoms with Gasteiger partial charge in [0.05, 0.1) is 15.5 Å². The number of amides is 1. The highest BCUT2D eigenvalue weighted by Crippen LogP contribution is 2.32. The maximum atomic E-state index is 12.1. The number of aromatic nitrogens is 3. The van der Waals surface area contributed by atoms with Gasteiger partial charge in [0.1, 0.15) is 0 Å². The first-order chi connectivity index (χ1) is 10.3. The van der Waals surface area contributed by atoms with Crippen molar-refractivity contribution >= 4 is 44.2 Å². The van der Waals surface area contributed by atoms with Crippen LogP contribution in [-0.2, 0) is 4.79 Å². The van der Waals surface area contributed by atoms with Gasteiger partial charge in [0, 0.05) is 6.54 Å². The zero-order valence-corrected chi connectivity index (χ0v) is 12.9. The number of nitrogens with one attached hydrogen (secondary N) is 1. The molecule has 2 aromatic heterocycles. The molecule has 1 aliphatic heterocycles. The van der Waals surface area contributed by atoms with Gasteiger partial charge in [-0.05, 0) is 25.0 Å². The Morgan fingerprint density at radius 2 is 2.19 bits per heavy atom. The van der Waals surface area contributed by atoms with Gasteiger partial charge in [0.25, 0.3) is 0 Å². The minimum atomic E-state index is -0.0708. The second kappa shape index (κ2) is 5.31. The number of rotatable bonds is 2. The van der Waals surface area contributed by atoms with E-state index in [2.05, 4.69) is 32.0 Å². The van der Waals surface area contributed by atoms with E-state index in [1.165, 1.54) is 16.5 Å². The zero-order chi connectivity index (χ0) is 14.2. The van der Waals surface area contributed by atoms with E-state index in [-0.39, 0.29) is 11.2 Å². The van der Waals surface area contributed by atoms with E-state index in [0.29, 0.717) is 0 Å². The summed E-state index contributed by atoms with van der Waals surface area (Å²) in [5.41, 5.74) is 1.11. The Balaban J connectivity index is 1.74. The molecule has 0 bridgehead atoms. The Hall–Kier alpha value is -1.60. The van der Waals surface area contributed by atoms with Crippen LogP contribution in [0, 0.1) is 0 Å². The Morgan fingerprint density at radius 1 is 1.29 bits per heavy atom. The summed E-state index contributed by atoms with van der Waals surface area (Å²) < 4.78 is 3.25. The van der Waals surface area contributed by atoms with Gasteiger partial charge in [0.2, 0.25) is 10.9 Å². The molecule has 4 rings (SSSR count). The molecule has 0 aliphatic carbocycles. The van der Waals surface area contributed by atoms with Gasteiger partial charge < -0.3 is 5.32 Å². The minimum absolute atomic E-state index is 0.0708. The Kier molecular flexibility index (Phi) is 3.31. The number of para-hydroxylation sites is 1. The van der Waals surface area contributed by atoms with Crippen molar-refractivity contribution in [3.8, 4) is 0 Å². The molecule has 7 heteroatoms. The third-order valence-electron chi connectivity index (χ3n) is 3.64. The lowest BCUT2D eigenvalue weighted by Crippen LogP contribution is -2.30. The molecular weight excluding hydrogens is 304 g/mol. The summed E-state index contributed by atoms with van der Waals surface area (Å²) in [6.07, 6.45) is 3.02. The molecular formula is C14H14N4OS2. The van der Waals surface area contributed by atoms with E-state index >= 15 is 0 Å². The molecule has 108 valence electrons. The van der Waals surface area contributed by atoms with Gasteiger partial charge >= 0.3 is 0 Å². The number of carbonyl (C=O) groups excluding carboxylic acids is 1. The number of nitrogens with zero attached hydrogens (tertiary/aromatic N) is 3. The first-order valence-corrected chi connectivity index (χ1v) is 8.69. The van der Waals surface area contributed by atoms with Crippen LogP contribution in [0.25, 0.3) is 15.2 Å². The highest BCUT2D eigenvalue weighted by molar-refractivity contribution is 8.00. The highest BCUT2D eigenvalue weighted by atomic mass is 32.2. The molecule has 1 aliphatic rings. The third kappa shape index (κ3) is 2.30. The maximum Gasteiger partial charge on any atom is 0.233 e. The molecule has 1 saturated heterocycles.